The minimum absolute atomic E-state index is 0.809. The lowest BCUT2D eigenvalue weighted by Gasteiger charge is -2.26. The quantitative estimate of drug-likeness (QED) is 0.732. The zero-order valence-electron chi connectivity index (χ0n) is 9.18. The van der Waals surface area contributed by atoms with E-state index in [1.807, 2.05) is 0 Å². The van der Waals surface area contributed by atoms with Crippen molar-refractivity contribution in [3.05, 3.63) is 0 Å². The van der Waals surface area contributed by atoms with Crippen molar-refractivity contribution in [2.45, 2.75) is 45.5 Å². The van der Waals surface area contributed by atoms with Gasteiger partial charge in [-0.25, -0.2) is 0 Å². The number of nitrogens with two attached hydrogens (primary N) is 1. The van der Waals surface area contributed by atoms with Crippen molar-refractivity contribution in [3.8, 4) is 0 Å². The second kappa shape index (κ2) is 4.38. The molecule has 0 aliphatic carbocycles. The van der Waals surface area contributed by atoms with Gasteiger partial charge in [-0.15, -0.1) is 0 Å². The average molecular weight is 227 g/mol. The standard InChI is InChI=1S/C9H16F3NO2/c1-5(6(13)9(10,11)12)7(14)15-8(2,3)4/h5-6H,13H2,1-4H3/t5-,6-/m1/s1. The lowest BCUT2D eigenvalue weighted by atomic mass is 10.0. The Kier molecular flexibility index (Phi) is 4.16. The molecule has 0 aromatic heterocycles. The number of hydrogen-bond acceptors (Lipinski definition) is 3. The highest BCUT2D eigenvalue weighted by atomic mass is 19.4. The van der Waals surface area contributed by atoms with Crippen LogP contribution in [0.5, 0.6) is 0 Å². The van der Waals surface area contributed by atoms with E-state index in [1.54, 1.807) is 20.8 Å². The molecule has 90 valence electrons. The first-order valence-electron chi connectivity index (χ1n) is 4.50. The molecule has 0 fully saturated rings. The third-order valence-electron chi connectivity index (χ3n) is 1.70. The van der Waals surface area contributed by atoms with Gasteiger partial charge in [0, 0.05) is 0 Å². The molecule has 0 heterocycles. The van der Waals surface area contributed by atoms with Crippen molar-refractivity contribution in [3.63, 3.8) is 0 Å². The Hall–Kier alpha value is -0.780. The van der Waals surface area contributed by atoms with E-state index in [0.717, 1.165) is 6.92 Å². The van der Waals surface area contributed by atoms with E-state index in [2.05, 4.69) is 0 Å². The van der Waals surface area contributed by atoms with Gasteiger partial charge in [0.15, 0.2) is 0 Å². The Balaban J connectivity index is 4.46. The summed E-state index contributed by atoms with van der Waals surface area (Å²) in [5.74, 6) is -2.34. The van der Waals surface area contributed by atoms with Gasteiger partial charge in [-0.2, -0.15) is 13.2 Å². The van der Waals surface area contributed by atoms with Gasteiger partial charge in [0.25, 0.3) is 0 Å². The fourth-order valence-corrected chi connectivity index (χ4v) is 0.825. The summed E-state index contributed by atoms with van der Waals surface area (Å²) >= 11 is 0. The summed E-state index contributed by atoms with van der Waals surface area (Å²) in [5, 5.41) is 0. The topological polar surface area (TPSA) is 52.3 Å². The van der Waals surface area contributed by atoms with Gasteiger partial charge in [-0.3, -0.25) is 4.79 Å². The van der Waals surface area contributed by atoms with Crippen LogP contribution in [-0.2, 0) is 9.53 Å². The minimum Gasteiger partial charge on any atom is -0.460 e. The number of hydrogen-bond donors (Lipinski definition) is 1. The zero-order chi connectivity index (χ0) is 12.4. The summed E-state index contributed by atoms with van der Waals surface area (Å²) < 4.78 is 41.3. The summed E-state index contributed by atoms with van der Waals surface area (Å²) in [5.41, 5.74) is 4.08. The van der Waals surface area contributed by atoms with E-state index < -0.39 is 29.7 Å². The van der Waals surface area contributed by atoms with E-state index >= 15 is 0 Å². The van der Waals surface area contributed by atoms with Gasteiger partial charge < -0.3 is 10.5 Å². The van der Waals surface area contributed by atoms with E-state index in [9.17, 15) is 18.0 Å². The molecule has 0 unspecified atom stereocenters. The van der Waals surface area contributed by atoms with Crippen molar-refractivity contribution >= 4 is 5.97 Å². The van der Waals surface area contributed by atoms with Gasteiger partial charge in [0.1, 0.15) is 11.6 Å². The highest BCUT2D eigenvalue weighted by Gasteiger charge is 2.44. The molecule has 2 atom stereocenters. The third kappa shape index (κ3) is 5.01. The summed E-state index contributed by atoms with van der Waals surface area (Å²) in [4.78, 5) is 11.2. The summed E-state index contributed by atoms with van der Waals surface area (Å²) in [6.07, 6.45) is -4.59. The van der Waals surface area contributed by atoms with Crippen LogP contribution in [0.25, 0.3) is 0 Å². The molecule has 0 aromatic carbocycles. The SMILES string of the molecule is C[C@@H](C(=O)OC(C)(C)C)[C@@H](N)C(F)(F)F. The minimum atomic E-state index is -4.59. The highest BCUT2D eigenvalue weighted by Crippen LogP contribution is 2.25. The summed E-state index contributed by atoms with van der Waals surface area (Å²) in [6.45, 7) is 5.84. The van der Waals surface area contributed by atoms with Crippen molar-refractivity contribution in [2.75, 3.05) is 0 Å². The van der Waals surface area contributed by atoms with Crippen molar-refractivity contribution in [2.24, 2.45) is 11.7 Å². The predicted octanol–water partition coefficient (Wildman–Crippen LogP) is 1.85. The number of rotatable bonds is 2. The fourth-order valence-electron chi connectivity index (χ4n) is 0.825. The number of carbonyl (C=O) groups excluding carboxylic acids is 1. The Bertz CT molecular complexity index is 232. The molecule has 0 radical (unpaired) electrons. The molecule has 15 heavy (non-hydrogen) atoms. The van der Waals surface area contributed by atoms with Crippen LogP contribution in [0, 0.1) is 5.92 Å². The zero-order valence-corrected chi connectivity index (χ0v) is 9.18. The highest BCUT2D eigenvalue weighted by molar-refractivity contribution is 5.73. The van der Waals surface area contributed by atoms with Gasteiger partial charge >= 0.3 is 12.1 Å². The second-order valence-corrected chi connectivity index (χ2v) is 4.39. The number of carbonyl (C=O) groups is 1. The number of esters is 1. The predicted molar refractivity (Wildman–Crippen MR) is 49.0 cm³/mol. The molecule has 2 N–H and O–H groups in total. The van der Waals surface area contributed by atoms with Gasteiger partial charge in [0.2, 0.25) is 0 Å². The van der Waals surface area contributed by atoms with Crippen LogP contribution in [0.3, 0.4) is 0 Å². The molecule has 0 saturated heterocycles. The maximum absolute atomic E-state index is 12.2. The van der Waals surface area contributed by atoms with Crippen LogP contribution in [0.2, 0.25) is 0 Å². The lowest BCUT2D eigenvalue weighted by Crippen LogP contribution is -2.47. The maximum atomic E-state index is 12.2. The molecular formula is C9H16F3NO2. The molecule has 0 rings (SSSR count). The first kappa shape index (κ1) is 14.2. The Morgan fingerprint density at radius 2 is 1.67 bits per heavy atom. The monoisotopic (exact) mass is 227 g/mol. The molecule has 0 saturated carbocycles. The van der Waals surface area contributed by atoms with Crippen LogP contribution in [0.15, 0.2) is 0 Å². The van der Waals surface area contributed by atoms with Gasteiger partial charge in [-0.05, 0) is 20.8 Å². The summed E-state index contributed by atoms with van der Waals surface area (Å²) in [6, 6.07) is -2.19. The van der Waals surface area contributed by atoms with Crippen molar-refractivity contribution in [1.29, 1.82) is 0 Å². The van der Waals surface area contributed by atoms with Crippen LogP contribution in [0.1, 0.15) is 27.7 Å². The molecule has 3 nitrogen and oxygen atoms in total. The first-order valence-corrected chi connectivity index (χ1v) is 4.50. The van der Waals surface area contributed by atoms with E-state index in [4.69, 9.17) is 10.5 Å². The Morgan fingerprint density at radius 1 is 1.27 bits per heavy atom. The normalized spacial score (nSPS) is 17.1. The number of halogens is 3. The first-order chi connectivity index (χ1) is 6.45. The van der Waals surface area contributed by atoms with E-state index in [-0.39, 0.29) is 0 Å². The Labute approximate surface area is 86.8 Å². The summed E-state index contributed by atoms with van der Waals surface area (Å²) in [7, 11) is 0. The Morgan fingerprint density at radius 3 is 1.93 bits per heavy atom. The fraction of sp³-hybridized carbons (Fsp3) is 0.889. The van der Waals surface area contributed by atoms with Crippen LogP contribution in [-0.4, -0.2) is 23.8 Å². The lowest BCUT2D eigenvalue weighted by molar-refractivity contribution is -0.181. The van der Waals surface area contributed by atoms with Crippen molar-refractivity contribution in [1.82, 2.24) is 0 Å². The van der Waals surface area contributed by atoms with E-state index in [0.29, 0.717) is 0 Å². The maximum Gasteiger partial charge on any atom is 0.404 e. The molecular weight excluding hydrogens is 211 g/mol. The molecule has 0 amide bonds. The molecule has 0 aliphatic heterocycles. The average Bonchev–Trinajstić information content (AvgIpc) is 1.96. The number of ether oxygens (including phenoxy) is 1. The second-order valence-electron chi connectivity index (χ2n) is 4.39. The van der Waals surface area contributed by atoms with E-state index in [1.165, 1.54) is 0 Å². The van der Waals surface area contributed by atoms with Crippen molar-refractivity contribution < 1.29 is 22.7 Å². The van der Waals surface area contributed by atoms with Gasteiger partial charge in [0.05, 0.1) is 5.92 Å². The third-order valence-corrected chi connectivity index (χ3v) is 1.70. The van der Waals surface area contributed by atoms with Crippen LogP contribution < -0.4 is 5.73 Å². The molecule has 6 heteroatoms. The van der Waals surface area contributed by atoms with Crippen LogP contribution >= 0.6 is 0 Å². The number of alkyl halides is 3. The smallest absolute Gasteiger partial charge is 0.404 e. The van der Waals surface area contributed by atoms with Gasteiger partial charge in [-0.1, -0.05) is 6.92 Å². The molecule has 0 spiro atoms. The molecule has 0 aromatic rings. The van der Waals surface area contributed by atoms with Crippen LogP contribution in [0.4, 0.5) is 13.2 Å². The molecule has 0 bridgehead atoms. The molecule has 0 aliphatic rings. The largest absolute Gasteiger partial charge is 0.460 e.